The maximum atomic E-state index is 13.6. The summed E-state index contributed by atoms with van der Waals surface area (Å²) >= 11 is 0. The number of amides is 4. The molecular weight excluding hydrogens is 428 g/mol. The van der Waals surface area contributed by atoms with Crippen molar-refractivity contribution >= 4 is 35.0 Å². The molecule has 2 aromatic carbocycles. The SMILES string of the molecule is Cc1ccc(N2C(=O)[C@@H]3C4C=CC([C@H]5C(=O)N(c6ccc(C)c(C)c6)C(=O)[C@@H]45)[C@@H]3C2=O)cc1C. The van der Waals surface area contributed by atoms with E-state index in [1.165, 1.54) is 9.80 Å². The summed E-state index contributed by atoms with van der Waals surface area (Å²) in [6.45, 7) is 7.86. The van der Waals surface area contributed by atoms with E-state index in [1.807, 2.05) is 64.1 Å². The van der Waals surface area contributed by atoms with E-state index in [2.05, 4.69) is 0 Å². The maximum absolute atomic E-state index is 13.6. The van der Waals surface area contributed by atoms with Gasteiger partial charge in [-0.3, -0.25) is 29.0 Å². The molecule has 2 bridgehead atoms. The van der Waals surface area contributed by atoms with Crippen LogP contribution in [0.5, 0.6) is 0 Å². The van der Waals surface area contributed by atoms with Gasteiger partial charge in [-0.25, -0.2) is 0 Å². The van der Waals surface area contributed by atoms with Crippen LogP contribution in [0.2, 0.25) is 0 Å². The average Bonchev–Trinajstić information content (AvgIpc) is 3.25. The minimum Gasteiger partial charge on any atom is -0.274 e. The van der Waals surface area contributed by atoms with Crippen LogP contribution in [0.3, 0.4) is 0 Å². The van der Waals surface area contributed by atoms with Crippen LogP contribution in [0, 0.1) is 63.2 Å². The van der Waals surface area contributed by atoms with Gasteiger partial charge < -0.3 is 0 Å². The lowest BCUT2D eigenvalue weighted by Gasteiger charge is -2.44. The van der Waals surface area contributed by atoms with Gasteiger partial charge in [-0.05, 0) is 74.2 Å². The molecule has 34 heavy (non-hydrogen) atoms. The summed E-state index contributed by atoms with van der Waals surface area (Å²) < 4.78 is 0. The van der Waals surface area contributed by atoms with Crippen LogP contribution in [0.25, 0.3) is 0 Å². The molecule has 7 rings (SSSR count). The fourth-order valence-corrected chi connectivity index (χ4v) is 6.46. The summed E-state index contributed by atoms with van der Waals surface area (Å²) in [4.78, 5) is 57.0. The first-order valence-electron chi connectivity index (χ1n) is 11.8. The number of rotatable bonds is 2. The smallest absolute Gasteiger partial charge is 0.238 e. The minimum absolute atomic E-state index is 0.263. The zero-order valence-electron chi connectivity index (χ0n) is 19.6. The molecule has 2 heterocycles. The number of benzene rings is 2. The molecule has 3 fully saturated rings. The molecule has 0 aromatic heterocycles. The number of nitrogens with zero attached hydrogens (tertiary/aromatic N) is 2. The summed E-state index contributed by atoms with van der Waals surface area (Å²) in [5.74, 6) is -4.40. The topological polar surface area (TPSA) is 74.8 Å². The van der Waals surface area contributed by atoms with Crippen LogP contribution in [-0.4, -0.2) is 23.6 Å². The van der Waals surface area contributed by atoms with E-state index in [0.717, 1.165) is 22.3 Å². The van der Waals surface area contributed by atoms with E-state index in [0.29, 0.717) is 11.4 Å². The maximum Gasteiger partial charge on any atom is 0.238 e. The van der Waals surface area contributed by atoms with Crippen LogP contribution in [0.15, 0.2) is 48.6 Å². The fourth-order valence-electron chi connectivity index (χ4n) is 6.46. The van der Waals surface area contributed by atoms with Crippen LogP contribution in [0.4, 0.5) is 11.4 Å². The number of hydrogen-bond donors (Lipinski definition) is 0. The number of aryl methyl sites for hydroxylation is 4. The van der Waals surface area contributed by atoms with Crippen molar-refractivity contribution in [2.75, 3.05) is 9.80 Å². The van der Waals surface area contributed by atoms with Crippen LogP contribution in [0.1, 0.15) is 22.3 Å². The zero-order chi connectivity index (χ0) is 24.0. The van der Waals surface area contributed by atoms with E-state index in [4.69, 9.17) is 0 Å². The third kappa shape index (κ3) is 2.57. The third-order valence-corrected chi connectivity index (χ3v) is 8.51. The van der Waals surface area contributed by atoms with Gasteiger partial charge in [-0.2, -0.15) is 0 Å². The Kier molecular flexibility index (Phi) is 4.32. The van der Waals surface area contributed by atoms with Gasteiger partial charge >= 0.3 is 0 Å². The van der Waals surface area contributed by atoms with Gasteiger partial charge in [0.15, 0.2) is 0 Å². The summed E-state index contributed by atoms with van der Waals surface area (Å²) in [6.07, 6.45) is 3.80. The van der Waals surface area contributed by atoms with Gasteiger partial charge in [0, 0.05) is 11.8 Å². The van der Waals surface area contributed by atoms with E-state index in [9.17, 15) is 19.2 Å². The molecule has 4 amide bonds. The van der Waals surface area contributed by atoms with Crippen LogP contribution in [-0.2, 0) is 19.2 Å². The van der Waals surface area contributed by atoms with Crippen molar-refractivity contribution in [3.63, 3.8) is 0 Å². The van der Waals surface area contributed by atoms with Crippen molar-refractivity contribution in [3.05, 3.63) is 70.8 Å². The molecular formula is C28H26N2O4. The van der Waals surface area contributed by atoms with Gasteiger partial charge in [0.1, 0.15) is 0 Å². The Morgan fingerprint density at radius 2 is 0.824 bits per heavy atom. The van der Waals surface area contributed by atoms with E-state index < -0.39 is 35.5 Å². The minimum atomic E-state index is -0.609. The highest BCUT2D eigenvalue weighted by molar-refractivity contribution is 6.26. The summed E-state index contributed by atoms with van der Waals surface area (Å²) in [7, 11) is 0. The number of imide groups is 2. The van der Waals surface area contributed by atoms with Crippen molar-refractivity contribution in [1.29, 1.82) is 0 Å². The Morgan fingerprint density at radius 3 is 1.12 bits per heavy atom. The second-order valence-electron chi connectivity index (χ2n) is 10.2. The lowest BCUT2D eigenvalue weighted by atomic mass is 9.54. The monoisotopic (exact) mass is 454 g/mol. The molecule has 0 radical (unpaired) electrons. The number of carbonyl (C=O) groups excluding carboxylic acids is 4. The Bertz CT molecular complexity index is 1200. The highest BCUT2D eigenvalue weighted by Crippen LogP contribution is 2.58. The number of allylic oxidation sites excluding steroid dienone is 2. The molecule has 1 saturated carbocycles. The van der Waals surface area contributed by atoms with E-state index in [-0.39, 0.29) is 23.6 Å². The quantitative estimate of drug-likeness (QED) is 0.513. The van der Waals surface area contributed by atoms with Crippen LogP contribution < -0.4 is 9.80 Å². The predicted octanol–water partition coefficient (Wildman–Crippen LogP) is 3.65. The van der Waals surface area contributed by atoms with Crippen molar-refractivity contribution in [2.24, 2.45) is 35.5 Å². The molecule has 2 saturated heterocycles. The Labute approximate surface area is 198 Å². The normalized spacial score (nSPS) is 31.5. The molecule has 0 spiro atoms. The molecule has 3 aliphatic carbocycles. The molecule has 6 atom stereocenters. The van der Waals surface area contributed by atoms with Crippen molar-refractivity contribution < 1.29 is 19.2 Å². The van der Waals surface area contributed by atoms with Crippen molar-refractivity contribution in [3.8, 4) is 0 Å². The third-order valence-electron chi connectivity index (χ3n) is 8.51. The summed E-state index contributed by atoms with van der Waals surface area (Å²) in [5, 5.41) is 0. The average molecular weight is 455 g/mol. The standard InChI is InChI=1S/C28H26N2O4/c1-13-5-7-17(11-15(13)3)29-25(31)21-19-9-10-20(22(21)26(29)32)24-23(19)27(33)30(28(24)34)18-8-6-14(2)16(4)12-18/h5-12,19-24H,1-4H3/t19?,20?,21-,22+,23+,24-. The highest BCUT2D eigenvalue weighted by atomic mass is 16.2. The van der Waals surface area contributed by atoms with Gasteiger partial charge in [0.05, 0.1) is 35.0 Å². The Hall–Kier alpha value is -3.54. The Morgan fingerprint density at radius 1 is 0.500 bits per heavy atom. The number of hydrogen-bond acceptors (Lipinski definition) is 4. The van der Waals surface area contributed by atoms with Gasteiger partial charge in [0.2, 0.25) is 23.6 Å². The fraction of sp³-hybridized carbons (Fsp3) is 0.357. The molecule has 5 aliphatic rings. The molecule has 2 aliphatic heterocycles. The van der Waals surface area contributed by atoms with Gasteiger partial charge in [-0.1, -0.05) is 24.3 Å². The van der Waals surface area contributed by atoms with Gasteiger partial charge in [-0.15, -0.1) is 0 Å². The first kappa shape index (κ1) is 21.0. The summed E-state index contributed by atoms with van der Waals surface area (Å²) in [6, 6.07) is 11.1. The van der Waals surface area contributed by atoms with Gasteiger partial charge in [0.25, 0.3) is 0 Å². The van der Waals surface area contributed by atoms with E-state index in [1.54, 1.807) is 12.1 Å². The number of carbonyl (C=O) groups is 4. The second-order valence-corrected chi connectivity index (χ2v) is 10.2. The molecule has 2 aromatic rings. The Balaban J connectivity index is 1.39. The number of anilines is 2. The molecule has 6 nitrogen and oxygen atoms in total. The first-order valence-corrected chi connectivity index (χ1v) is 11.8. The zero-order valence-corrected chi connectivity index (χ0v) is 19.6. The first-order chi connectivity index (χ1) is 16.2. The largest absolute Gasteiger partial charge is 0.274 e. The van der Waals surface area contributed by atoms with Crippen LogP contribution >= 0.6 is 0 Å². The molecule has 6 heteroatoms. The predicted molar refractivity (Wildman–Crippen MR) is 127 cm³/mol. The van der Waals surface area contributed by atoms with Crippen molar-refractivity contribution in [1.82, 2.24) is 0 Å². The highest BCUT2D eigenvalue weighted by Gasteiger charge is 2.68. The molecule has 0 N–H and O–H groups in total. The molecule has 2 unspecified atom stereocenters. The second kappa shape index (κ2) is 6.98. The van der Waals surface area contributed by atoms with E-state index >= 15 is 0 Å². The lowest BCUT2D eigenvalue weighted by Crippen LogP contribution is -2.50. The summed E-state index contributed by atoms with van der Waals surface area (Å²) in [5.41, 5.74) is 5.29. The molecule has 172 valence electrons. The lowest BCUT2D eigenvalue weighted by molar-refractivity contribution is -0.137. The van der Waals surface area contributed by atoms with Crippen molar-refractivity contribution in [2.45, 2.75) is 27.7 Å².